The smallest absolute Gasteiger partial charge is 0.0210 e. The molecule has 1 aromatic carbocycles. The van der Waals surface area contributed by atoms with Gasteiger partial charge in [-0.3, -0.25) is 0 Å². The Morgan fingerprint density at radius 2 is 2.06 bits per heavy atom. The van der Waals surface area contributed by atoms with Crippen molar-refractivity contribution in [3.8, 4) is 0 Å². The molecule has 17 heavy (non-hydrogen) atoms. The van der Waals surface area contributed by atoms with E-state index in [1.807, 2.05) is 0 Å². The van der Waals surface area contributed by atoms with Crippen LogP contribution >= 0.6 is 0 Å². The summed E-state index contributed by atoms with van der Waals surface area (Å²) in [4.78, 5) is 0. The van der Waals surface area contributed by atoms with E-state index in [-0.39, 0.29) is 0 Å². The van der Waals surface area contributed by atoms with E-state index in [4.69, 9.17) is 0 Å². The van der Waals surface area contributed by atoms with Gasteiger partial charge in [0.25, 0.3) is 0 Å². The van der Waals surface area contributed by atoms with Crippen LogP contribution in [0.1, 0.15) is 50.7 Å². The van der Waals surface area contributed by atoms with Crippen molar-refractivity contribution in [2.75, 3.05) is 0 Å². The largest absolute Gasteiger partial charge is 0.310 e. The molecule has 1 aromatic rings. The summed E-state index contributed by atoms with van der Waals surface area (Å²) in [6.45, 7) is 8.01. The Balaban J connectivity index is 1.88. The minimum Gasteiger partial charge on any atom is -0.310 e. The average Bonchev–Trinajstić information content (AvgIpc) is 2.27. The molecule has 1 saturated carbocycles. The summed E-state index contributed by atoms with van der Waals surface area (Å²) in [7, 11) is 0. The van der Waals surface area contributed by atoms with Crippen molar-refractivity contribution in [2.45, 2.75) is 59.0 Å². The van der Waals surface area contributed by atoms with Gasteiger partial charge < -0.3 is 5.32 Å². The van der Waals surface area contributed by atoms with Crippen molar-refractivity contribution < 1.29 is 0 Å². The van der Waals surface area contributed by atoms with Crippen molar-refractivity contribution in [3.05, 3.63) is 35.4 Å². The van der Waals surface area contributed by atoms with Crippen LogP contribution in [-0.2, 0) is 6.54 Å². The molecular formula is C16H25N. The van der Waals surface area contributed by atoms with E-state index in [1.54, 1.807) is 0 Å². The molecule has 1 nitrogen and oxygen atoms in total. The van der Waals surface area contributed by atoms with E-state index >= 15 is 0 Å². The maximum absolute atomic E-state index is 3.73. The molecule has 1 aliphatic rings. The Bertz CT molecular complexity index is 368. The Hall–Kier alpha value is -0.820. The zero-order valence-corrected chi connectivity index (χ0v) is 11.4. The molecule has 2 rings (SSSR count). The average molecular weight is 231 g/mol. The molecule has 0 bridgehead atoms. The Morgan fingerprint density at radius 3 is 2.76 bits per heavy atom. The van der Waals surface area contributed by atoms with Gasteiger partial charge in [-0.05, 0) is 42.7 Å². The molecule has 1 unspecified atom stereocenters. The Morgan fingerprint density at radius 1 is 1.29 bits per heavy atom. The summed E-state index contributed by atoms with van der Waals surface area (Å²) < 4.78 is 0. The highest BCUT2D eigenvalue weighted by Gasteiger charge is 2.27. The van der Waals surface area contributed by atoms with Crippen molar-refractivity contribution in [1.82, 2.24) is 5.32 Å². The molecule has 1 atom stereocenters. The molecule has 0 radical (unpaired) electrons. The highest BCUT2D eigenvalue weighted by Crippen LogP contribution is 2.35. The lowest BCUT2D eigenvalue weighted by Gasteiger charge is -2.35. The molecule has 0 heterocycles. The van der Waals surface area contributed by atoms with Crippen LogP contribution in [-0.4, -0.2) is 6.04 Å². The molecule has 0 aromatic heterocycles. The monoisotopic (exact) mass is 231 g/mol. The molecule has 1 fully saturated rings. The lowest BCUT2D eigenvalue weighted by molar-refractivity contribution is 0.197. The summed E-state index contributed by atoms with van der Waals surface area (Å²) in [6.07, 6.45) is 5.42. The van der Waals surface area contributed by atoms with Crippen LogP contribution in [0.3, 0.4) is 0 Å². The standard InChI is InChI=1S/C16H25N/c1-13-7-4-5-8-14(13)12-17-15-9-6-10-16(2,3)11-15/h4-5,7-8,15,17H,6,9-12H2,1-3H3. The molecule has 1 heteroatoms. The summed E-state index contributed by atoms with van der Waals surface area (Å²) >= 11 is 0. The van der Waals surface area contributed by atoms with Gasteiger partial charge in [0.15, 0.2) is 0 Å². The number of aryl methyl sites for hydroxylation is 1. The third-order valence-corrected chi connectivity index (χ3v) is 4.05. The first-order valence-corrected chi connectivity index (χ1v) is 6.85. The Labute approximate surface area is 106 Å². The lowest BCUT2D eigenvalue weighted by Crippen LogP contribution is -2.36. The van der Waals surface area contributed by atoms with Gasteiger partial charge in [0.2, 0.25) is 0 Å². The van der Waals surface area contributed by atoms with E-state index in [0.717, 1.165) is 6.54 Å². The van der Waals surface area contributed by atoms with E-state index < -0.39 is 0 Å². The highest BCUT2D eigenvalue weighted by molar-refractivity contribution is 5.25. The molecule has 1 N–H and O–H groups in total. The zero-order valence-electron chi connectivity index (χ0n) is 11.4. The number of hydrogen-bond donors (Lipinski definition) is 1. The fourth-order valence-corrected chi connectivity index (χ4v) is 2.94. The van der Waals surface area contributed by atoms with Crippen molar-refractivity contribution >= 4 is 0 Å². The third-order valence-electron chi connectivity index (χ3n) is 4.05. The van der Waals surface area contributed by atoms with Crippen LogP contribution < -0.4 is 5.32 Å². The van der Waals surface area contributed by atoms with Crippen LogP contribution in [0, 0.1) is 12.3 Å². The first-order chi connectivity index (χ1) is 8.07. The van der Waals surface area contributed by atoms with Crippen LogP contribution in [0.4, 0.5) is 0 Å². The molecule has 0 aliphatic heterocycles. The van der Waals surface area contributed by atoms with E-state index in [9.17, 15) is 0 Å². The summed E-state index contributed by atoms with van der Waals surface area (Å²) in [5.74, 6) is 0. The topological polar surface area (TPSA) is 12.0 Å². The maximum atomic E-state index is 3.73. The van der Waals surface area contributed by atoms with E-state index in [1.165, 1.54) is 36.8 Å². The van der Waals surface area contributed by atoms with Crippen LogP contribution in [0.2, 0.25) is 0 Å². The first kappa shape index (κ1) is 12.6. The quantitative estimate of drug-likeness (QED) is 0.827. The number of benzene rings is 1. The summed E-state index contributed by atoms with van der Waals surface area (Å²) in [5.41, 5.74) is 3.37. The predicted octanol–water partition coefficient (Wildman–Crippen LogP) is 4.05. The predicted molar refractivity (Wildman–Crippen MR) is 74.1 cm³/mol. The van der Waals surface area contributed by atoms with Gasteiger partial charge in [0.05, 0.1) is 0 Å². The van der Waals surface area contributed by atoms with Gasteiger partial charge in [-0.2, -0.15) is 0 Å². The van der Waals surface area contributed by atoms with Gasteiger partial charge in [-0.15, -0.1) is 0 Å². The third kappa shape index (κ3) is 3.57. The molecule has 0 spiro atoms. The van der Waals surface area contributed by atoms with Crippen LogP contribution in [0.15, 0.2) is 24.3 Å². The second kappa shape index (κ2) is 5.22. The number of hydrogen-bond acceptors (Lipinski definition) is 1. The first-order valence-electron chi connectivity index (χ1n) is 6.85. The highest BCUT2D eigenvalue weighted by atomic mass is 14.9. The van der Waals surface area contributed by atoms with Crippen molar-refractivity contribution in [2.24, 2.45) is 5.41 Å². The Kier molecular flexibility index (Phi) is 3.88. The minimum absolute atomic E-state index is 0.529. The summed E-state index contributed by atoms with van der Waals surface area (Å²) in [5, 5.41) is 3.73. The number of rotatable bonds is 3. The summed E-state index contributed by atoms with van der Waals surface area (Å²) in [6, 6.07) is 9.38. The fourth-order valence-electron chi connectivity index (χ4n) is 2.94. The molecule has 94 valence electrons. The van der Waals surface area contributed by atoms with Crippen molar-refractivity contribution in [3.63, 3.8) is 0 Å². The molecular weight excluding hydrogens is 206 g/mol. The zero-order chi connectivity index (χ0) is 12.3. The van der Waals surface area contributed by atoms with Crippen molar-refractivity contribution in [1.29, 1.82) is 0 Å². The van der Waals surface area contributed by atoms with Gasteiger partial charge in [0, 0.05) is 12.6 Å². The normalized spacial score (nSPS) is 23.6. The minimum atomic E-state index is 0.529. The SMILES string of the molecule is Cc1ccccc1CNC1CCCC(C)(C)C1. The second-order valence-corrected chi connectivity index (χ2v) is 6.26. The maximum Gasteiger partial charge on any atom is 0.0210 e. The van der Waals surface area contributed by atoms with E-state index in [0.29, 0.717) is 11.5 Å². The van der Waals surface area contributed by atoms with Gasteiger partial charge in [0.1, 0.15) is 0 Å². The van der Waals surface area contributed by atoms with E-state index in [2.05, 4.69) is 50.4 Å². The lowest BCUT2D eigenvalue weighted by atomic mass is 9.75. The number of nitrogens with one attached hydrogen (secondary N) is 1. The van der Waals surface area contributed by atoms with Gasteiger partial charge >= 0.3 is 0 Å². The second-order valence-electron chi connectivity index (χ2n) is 6.26. The fraction of sp³-hybridized carbons (Fsp3) is 0.625. The van der Waals surface area contributed by atoms with Gasteiger partial charge in [-0.25, -0.2) is 0 Å². The van der Waals surface area contributed by atoms with Crippen LogP contribution in [0.25, 0.3) is 0 Å². The van der Waals surface area contributed by atoms with Crippen LogP contribution in [0.5, 0.6) is 0 Å². The molecule has 1 aliphatic carbocycles. The van der Waals surface area contributed by atoms with Gasteiger partial charge in [-0.1, -0.05) is 44.5 Å². The molecule has 0 amide bonds. The molecule has 0 saturated heterocycles.